The summed E-state index contributed by atoms with van der Waals surface area (Å²) in [5.74, 6) is 2.51. The highest BCUT2D eigenvalue weighted by Gasteiger charge is 2.58. The van der Waals surface area contributed by atoms with Gasteiger partial charge < -0.3 is 49.1 Å². The highest BCUT2D eigenvalue weighted by molar-refractivity contribution is 5.97. The van der Waals surface area contributed by atoms with Crippen LogP contribution in [0.15, 0.2) is 164 Å². The molecule has 0 bridgehead atoms. The summed E-state index contributed by atoms with van der Waals surface area (Å²) < 4.78 is 54.9. The predicted octanol–water partition coefficient (Wildman–Crippen LogP) is 13.5. The standard InChI is InChI=1S/C28H25FN2O3.C26H26N4O3.C24H24N2O4/c29-22-5-1-4-20(14-22)25-16-26(25)28(32)31-23-6-2-3-18(15-23)19-7-8-27(21(13-19)17-30)34-24-9-11-33-12-10-24;1-30-16-20(15-28-30)23-13-24(23)26(31)29-21-4-2-3-17(12-21)18-5-6-25(19(11-18)14-27)33-22-7-9-32-10-8-22;25-12-17-10-16(4-5-22(17)30-19-6-8-28-9-7-19)15-2-1-3-18(11-15)26-24(27)23-20-13-29-14-21(20)23/h1-8,13-15,24-26H,9-12,16H2,(H,31,32);2-6,11-12,15-16,22-24H,7-10,13H2,1H3,(H,29,31);1-5,10-11,19-21,23H,6-9,13-14H2,(H,26,27)/t25-,26+;23-,24+;20-,21+,23?/m10./s1. The third-order valence-corrected chi connectivity index (χ3v) is 19.0. The third kappa shape index (κ3) is 16.4. The smallest absolute Gasteiger partial charge is 0.228 e. The number of carbonyl (C=O) groups is 3. The van der Waals surface area contributed by atoms with E-state index in [0.29, 0.717) is 104 Å². The normalized spacial score (nSPS) is 21.6. The number of aryl methyl sites for hydroxylation is 1. The van der Waals surface area contributed by atoms with E-state index in [1.54, 1.807) is 10.7 Å². The number of nitrogens with one attached hydrogen (secondary N) is 3. The maximum atomic E-state index is 13.5. The van der Waals surface area contributed by atoms with E-state index in [1.807, 2.05) is 153 Å². The molecule has 19 heteroatoms. The Morgan fingerprint density at radius 2 is 0.856 bits per heavy atom. The lowest BCUT2D eigenvalue weighted by Gasteiger charge is -2.24. The van der Waals surface area contributed by atoms with Crippen molar-refractivity contribution in [2.45, 2.75) is 81.5 Å². The zero-order valence-corrected chi connectivity index (χ0v) is 53.9. The Morgan fingerprint density at radius 3 is 1.24 bits per heavy atom. The Balaban J connectivity index is 0.000000131. The van der Waals surface area contributed by atoms with E-state index >= 15 is 0 Å². The lowest BCUT2D eigenvalue weighted by Crippen LogP contribution is -2.26. The van der Waals surface area contributed by atoms with Gasteiger partial charge in [-0.25, -0.2) is 4.39 Å². The number of rotatable bonds is 17. The molecule has 0 radical (unpaired) electrons. The summed E-state index contributed by atoms with van der Waals surface area (Å²) in [5, 5.41) is 42.2. The van der Waals surface area contributed by atoms with E-state index < -0.39 is 0 Å². The molecular formula is C78H75FN8O10. The highest BCUT2D eigenvalue weighted by Crippen LogP contribution is 2.52. The molecule has 494 valence electrons. The summed E-state index contributed by atoms with van der Waals surface area (Å²) in [4.78, 5) is 38.0. The molecule has 7 atom stereocenters. The van der Waals surface area contributed by atoms with E-state index in [-0.39, 0.29) is 71.4 Å². The van der Waals surface area contributed by atoms with Gasteiger partial charge in [-0.3, -0.25) is 19.1 Å². The van der Waals surface area contributed by atoms with Gasteiger partial charge in [-0.1, -0.05) is 66.7 Å². The van der Waals surface area contributed by atoms with Gasteiger partial charge in [-0.15, -0.1) is 0 Å². The van der Waals surface area contributed by atoms with E-state index in [9.17, 15) is 34.6 Å². The maximum absolute atomic E-state index is 13.5. The molecule has 97 heavy (non-hydrogen) atoms. The fraction of sp³-hybridized carbons (Fsp3) is 0.346. The number of ether oxygens (including phenoxy) is 7. The molecule has 1 aromatic heterocycles. The number of aromatic nitrogens is 2. The third-order valence-electron chi connectivity index (χ3n) is 19.0. The van der Waals surface area contributed by atoms with Gasteiger partial charge in [-0.05, 0) is 166 Å². The van der Waals surface area contributed by atoms with Crippen LogP contribution in [-0.4, -0.2) is 98.7 Å². The van der Waals surface area contributed by atoms with Crippen molar-refractivity contribution in [3.8, 4) is 68.8 Å². The van der Waals surface area contributed by atoms with Gasteiger partial charge in [-0.2, -0.15) is 20.9 Å². The molecule has 8 aromatic rings. The first kappa shape index (κ1) is 65.5. The molecule has 4 aliphatic heterocycles. The van der Waals surface area contributed by atoms with Crippen molar-refractivity contribution in [1.82, 2.24) is 9.78 Å². The van der Waals surface area contributed by atoms with Gasteiger partial charge in [0.15, 0.2) is 0 Å². The van der Waals surface area contributed by atoms with Crippen LogP contribution < -0.4 is 30.2 Å². The Kier molecular flexibility index (Phi) is 20.4. The largest absolute Gasteiger partial charge is 0.489 e. The average molecular weight is 1300 g/mol. The Hall–Kier alpha value is -10.2. The van der Waals surface area contributed by atoms with Crippen LogP contribution in [0.2, 0.25) is 0 Å². The van der Waals surface area contributed by atoms with Gasteiger partial charge in [0.1, 0.15) is 59.6 Å². The SMILES string of the molecule is Cn1cc([C@@H]2C[C@H]2C(=O)Nc2cccc(-c3ccc(OC4CCOCC4)c(C#N)c3)c2)cn1.N#Cc1cc(-c2cccc(NC(=O)C3[C@H]4COC[C@@H]34)c2)ccc1OC1CCOCC1.N#Cc1cc(-c2cccc(NC(=O)[C@H]3C[C@@H]3c3cccc(F)c3)c2)ccc1OC1CCOCC1. The Labute approximate surface area is 563 Å². The number of halogens is 1. The number of hydrogen-bond acceptors (Lipinski definition) is 14. The minimum Gasteiger partial charge on any atom is -0.489 e. The van der Waals surface area contributed by atoms with Crippen molar-refractivity contribution in [2.24, 2.45) is 36.6 Å². The molecule has 7 aliphatic rings. The van der Waals surface area contributed by atoms with Gasteiger partial charge in [0.2, 0.25) is 17.7 Å². The molecule has 3 saturated carbocycles. The number of fused-ring (bicyclic) bond motifs is 1. The van der Waals surface area contributed by atoms with Crippen LogP contribution in [0.3, 0.4) is 0 Å². The molecule has 7 aromatic carbocycles. The number of carbonyl (C=O) groups excluding carboxylic acids is 3. The van der Waals surface area contributed by atoms with Crippen LogP contribution in [0.5, 0.6) is 17.2 Å². The molecule has 7 fully saturated rings. The molecule has 0 spiro atoms. The van der Waals surface area contributed by atoms with Gasteiger partial charge in [0.05, 0.1) is 75.7 Å². The molecule has 15 rings (SSSR count). The first-order valence-electron chi connectivity index (χ1n) is 33.4. The zero-order valence-electron chi connectivity index (χ0n) is 53.9. The lowest BCUT2D eigenvalue weighted by molar-refractivity contribution is -0.119. The number of amides is 3. The topological polar surface area (TPSA) is 241 Å². The quantitative estimate of drug-likeness (QED) is 0.0768. The van der Waals surface area contributed by atoms with Gasteiger partial charge >= 0.3 is 0 Å². The van der Waals surface area contributed by atoms with Crippen LogP contribution >= 0.6 is 0 Å². The average Bonchev–Trinajstić information content (AvgIpc) is 1.68. The summed E-state index contributed by atoms with van der Waals surface area (Å²) in [6.45, 7) is 5.50. The van der Waals surface area contributed by atoms with Gasteiger partial charge in [0.25, 0.3) is 0 Å². The maximum Gasteiger partial charge on any atom is 0.228 e. The van der Waals surface area contributed by atoms with Crippen LogP contribution in [0.4, 0.5) is 21.5 Å². The second kappa shape index (κ2) is 30.3. The molecule has 3 aliphatic carbocycles. The summed E-state index contributed by atoms with van der Waals surface area (Å²) in [5.41, 5.74) is 11.1. The van der Waals surface area contributed by atoms with E-state index in [2.05, 4.69) is 39.3 Å². The van der Waals surface area contributed by atoms with Crippen molar-refractivity contribution in [3.63, 3.8) is 0 Å². The molecule has 4 saturated heterocycles. The molecule has 18 nitrogen and oxygen atoms in total. The number of hydrogen-bond donors (Lipinski definition) is 3. The van der Waals surface area contributed by atoms with Crippen molar-refractivity contribution in [3.05, 3.63) is 198 Å². The zero-order chi connectivity index (χ0) is 66.8. The first-order valence-corrected chi connectivity index (χ1v) is 33.4. The predicted molar refractivity (Wildman–Crippen MR) is 362 cm³/mol. The summed E-state index contributed by atoms with van der Waals surface area (Å²) in [7, 11) is 1.88. The summed E-state index contributed by atoms with van der Waals surface area (Å²) >= 11 is 0. The summed E-state index contributed by atoms with van der Waals surface area (Å²) in [6, 6.07) is 53.1. The monoisotopic (exact) mass is 1300 g/mol. The molecular weight excluding hydrogens is 1230 g/mol. The Bertz CT molecular complexity index is 4300. The van der Waals surface area contributed by atoms with E-state index in [0.717, 1.165) is 107 Å². The van der Waals surface area contributed by atoms with Gasteiger partial charge in [0, 0.05) is 86.6 Å². The van der Waals surface area contributed by atoms with Crippen LogP contribution in [0.25, 0.3) is 33.4 Å². The van der Waals surface area contributed by atoms with Crippen LogP contribution in [-0.2, 0) is 40.4 Å². The second-order valence-corrected chi connectivity index (χ2v) is 25.8. The van der Waals surface area contributed by atoms with E-state index in [4.69, 9.17) is 33.2 Å². The summed E-state index contributed by atoms with van der Waals surface area (Å²) in [6.07, 6.45) is 10.6. The molecule has 3 amide bonds. The second-order valence-electron chi connectivity index (χ2n) is 25.8. The van der Waals surface area contributed by atoms with Crippen molar-refractivity contribution < 1.29 is 51.9 Å². The fourth-order valence-electron chi connectivity index (χ4n) is 13.3. The Morgan fingerprint density at radius 1 is 0.474 bits per heavy atom. The number of benzene rings is 7. The molecule has 5 heterocycles. The molecule has 3 N–H and O–H groups in total. The van der Waals surface area contributed by atoms with Crippen LogP contribution in [0, 0.1) is 69.4 Å². The number of nitriles is 3. The number of anilines is 3. The molecule has 1 unspecified atom stereocenters. The minimum absolute atomic E-state index is 0.0235. The van der Waals surface area contributed by atoms with E-state index in [1.165, 1.54) is 12.1 Å². The minimum atomic E-state index is -0.280. The van der Waals surface area contributed by atoms with Crippen LogP contribution in [0.1, 0.15) is 91.0 Å². The fourth-order valence-corrected chi connectivity index (χ4v) is 13.3. The van der Waals surface area contributed by atoms with Crippen molar-refractivity contribution in [1.29, 1.82) is 15.8 Å². The number of nitrogens with zero attached hydrogens (tertiary/aromatic N) is 5. The highest BCUT2D eigenvalue weighted by atomic mass is 19.1. The first-order chi connectivity index (χ1) is 47.4. The lowest BCUT2D eigenvalue weighted by atomic mass is 10.0. The van der Waals surface area contributed by atoms with Crippen molar-refractivity contribution >= 4 is 34.8 Å². The van der Waals surface area contributed by atoms with Crippen molar-refractivity contribution in [2.75, 3.05) is 68.8 Å².